The van der Waals surface area contributed by atoms with Gasteiger partial charge in [-0.05, 0) is 44.5 Å². The van der Waals surface area contributed by atoms with Crippen LogP contribution in [0.4, 0.5) is 0 Å². The quantitative estimate of drug-likeness (QED) is 0.378. The number of unbranched alkanes of at least 4 members (excludes halogenated alkanes) is 1. The molecular weight excluding hydrogens is 410 g/mol. The van der Waals surface area contributed by atoms with E-state index in [1.807, 2.05) is 44.2 Å². The van der Waals surface area contributed by atoms with E-state index in [1.54, 1.807) is 0 Å². The number of halogens is 1. The van der Waals surface area contributed by atoms with Crippen LogP contribution in [0.5, 0.6) is 11.5 Å². The van der Waals surface area contributed by atoms with Crippen molar-refractivity contribution >= 4 is 17.6 Å². The molecule has 166 valence electrons. The summed E-state index contributed by atoms with van der Waals surface area (Å²) >= 11 is 6.37. The summed E-state index contributed by atoms with van der Waals surface area (Å²) in [5.41, 5.74) is 1.92. The molecule has 2 aliphatic rings. The molecule has 0 aliphatic carbocycles. The van der Waals surface area contributed by atoms with Crippen molar-refractivity contribution in [3.63, 3.8) is 0 Å². The third kappa shape index (κ3) is 4.47. The predicted molar refractivity (Wildman–Crippen MR) is 124 cm³/mol. The molecule has 31 heavy (non-hydrogen) atoms. The van der Waals surface area contributed by atoms with Crippen LogP contribution in [0.25, 0.3) is 0 Å². The minimum absolute atomic E-state index is 0.0976. The number of carbonyl (C=O) groups is 1. The van der Waals surface area contributed by atoms with E-state index in [-0.39, 0.29) is 17.8 Å². The van der Waals surface area contributed by atoms with Gasteiger partial charge in [-0.1, -0.05) is 49.6 Å². The number of para-hydroxylation sites is 1. The van der Waals surface area contributed by atoms with E-state index in [0.29, 0.717) is 11.2 Å². The Morgan fingerprint density at radius 2 is 1.81 bits per heavy atom. The Morgan fingerprint density at radius 1 is 1.13 bits per heavy atom. The monoisotopic (exact) mass is 442 g/mol. The largest absolute Gasteiger partial charge is 0.457 e. The summed E-state index contributed by atoms with van der Waals surface area (Å²) in [6, 6.07) is 14.2. The highest BCUT2D eigenvalue weighted by molar-refractivity contribution is 6.30. The zero-order valence-electron chi connectivity index (χ0n) is 19.0. The number of fused-ring (bicyclic) bond motifs is 5. The molecule has 3 atom stereocenters. The average molecular weight is 443 g/mol. The number of ether oxygens (including phenoxy) is 2. The van der Waals surface area contributed by atoms with Crippen molar-refractivity contribution in [2.75, 3.05) is 26.9 Å². The Labute approximate surface area is 190 Å². The number of nitrogens with zero attached hydrogens (tertiary/aromatic N) is 1. The summed E-state index contributed by atoms with van der Waals surface area (Å²) in [5.74, 6) is 2.22. The Kier molecular flexibility index (Phi) is 6.06. The fourth-order valence-electron chi connectivity index (χ4n) is 5.05. The van der Waals surface area contributed by atoms with Crippen molar-refractivity contribution in [1.82, 2.24) is 0 Å². The number of benzene rings is 2. The number of likely N-dealkylation sites (tertiary alicyclic amines) is 1. The first-order chi connectivity index (χ1) is 14.7. The molecule has 2 aliphatic heterocycles. The van der Waals surface area contributed by atoms with Gasteiger partial charge in [0.05, 0.1) is 25.6 Å². The first-order valence-electron chi connectivity index (χ1n) is 11.3. The van der Waals surface area contributed by atoms with Gasteiger partial charge in [-0.15, -0.1) is 0 Å². The van der Waals surface area contributed by atoms with E-state index >= 15 is 0 Å². The Bertz CT molecular complexity index is 973. The summed E-state index contributed by atoms with van der Waals surface area (Å²) in [4.78, 5) is 12.8. The van der Waals surface area contributed by atoms with Gasteiger partial charge in [0.2, 0.25) is 6.73 Å². The molecule has 2 aromatic rings. The number of hydrogen-bond donors (Lipinski definition) is 0. The Balaban J connectivity index is 1.59. The fraction of sp³-hybridized carbons (Fsp3) is 0.500. The van der Waals surface area contributed by atoms with Gasteiger partial charge in [0.1, 0.15) is 11.5 Å². The van der Waals surface area contributed by atoms with Gasteiger partial charge >= 0.3 is 5.97 Å². The van der Waals surface area contributed by atoms with Crippen LogP contribution >= 0.6 is 11.6 Å². The molecule has 0 N–H and O–H groups in total. The Hall–Kier alpha value is -2.04. The lowest BCUT2D eigenvalue weighted by Gasteiger charge is -2.31. The van der Waals surface area contributed by atoms with Crippen molar-refractivity contribution in [2.24, 2.45) is 5.41 Å². The fourth-order valence-corrected chi connectivity index (χ4v) is 5.23. The maximum atomic E-state index is 12.8. The van der Waals surface area contributed by atoms with Crippen LogP contribution in [-0.2, 0) is 9.53 Å². The molecule has 2 heterocycles. The molecular formula is C26H33ClNO3+. The molecule has 5 heteroatoms. The van der Waals surface area contributed by atoms with Gasteiger partial charge in [-0.2, -0.15) is 0 Å². The van der Waals surface area contributed by atoms with E-state index in [9.17, 15) is 4.79 Å². The lowest BCUT2D eigenvalue weighted by atomic mass is 9.84. The van der Waals surface area contributed by atoms with Gasteiger partial charge in [0, 0.05) is 28.0 Å². The van der Waals surface area contributed by atoms with E-state index in [2.05, 4.69) is 26.1 Å². The molecule has 1 saturated heterocycles. The molecule has 0 spiro atoms. The van der Waals surface area contributed by atoms with Crippen LogP contribution in [0.1, 0.15) is 63.0 Å². The van der Waals surface area contributed by atoms with Crippen LogP contribution < -0.4 is 4.74 Å². The second kappa shape index (κ2) is 8.48. The normalized spacial score (nSPS) is 24.4. The highest BCUT2D eigenvalue weighted by Gasteiger charge is 2.48. The van der Waals surface area contributed by atoms with Gasteiger partial charge in [-0.3, -0.25) is 9.28 Å². The molecule has 0 bridgehead atoms. The average Bonchev–Trinajstić information content (AvgIpc) is 3.04. The lowest BCUT2D eigenvalue weighted by molar-refractivity contribution is -0.915. The molecule has 4 nitrogen and oxygen atoms in total. The maximum absolute atomic E-state index is 12.8. The summed E-state index contributed by atoms with van der Waals surface area (Å²) in [6.45, 7) is 8.28. The molecule has 2 aromatic carbocycles. The van der Waals surface area contributed by atoms with Crippen molar-refractivity contribution in [1.29, 1.82) is 0 Å². The van der Waals surface area contributed by atoms with Crippen LogP contribution in [-0.4, -0.2) is 37.3 Å². The zero-order chi connectivity index (χ0) is 22.2. The second-order valence-electron chi connectivity index (χ2n) is 10.1. The molecule has 0 radical (unpaired) electrons. The smallest absolute Gasteiger partial charge is 0.315 e. The maximum Gasteiger partial charge on any atom is 0.315 e. The number of rotatable bonds is 6. The standard InChI is InChI=1S/C26H33ClNO3/c1-5-6-13-26(2,3)25(29)30-17-28(4)15-21-19-9-7-8-10-23(19)31-24-12-11-18(27)14-20(24)22(21)16-28/h7-12,14,21-22H,5-6,13,15-17H2,1-4H3/q+1. The van der Waals surface area contributed by atoms with Gasteiger partial charge in [0.25, 0.3) is 0 Å². The highest BCUT2D eigenvalue weighted by Crippen LogP contribution is 2.51. The molecule has 3 unspecified atom stereocenters. The van der Waals surface area contributed by atoms with Crippen molar-refractivity contribution in [3.05, 3.63) is 58.6 Å². The lowest BCUT2D eigenvalue weighted by Crippen LogP contribution is -2.45. The van der Waals surface area contributed by atoms with Crippen molar-refractivity contribution in [2.45, 2.75) is 51.9 Å². The van der Waals surface area contributed by atoms with Gasteiger partial charge < -0.3 is 9.47 Å². The molecule has 0 saturated carbocycles. The van der Waals surface area contributed by atoms with Crippen LogP contribution in [0, 0.1) is 5.41 Å². The van der Waals surface area contributed by atoms with Crippen LogP contribution in [0.3, 0.4) is 0 Å². The molecule has 0 aromatic heterocycles. The third-order valence-electron chi connectivity index (χ3n) is 6.89. The van der Waals surface area contributed by atoms with E-state index < -0.39 is 5.41 Å². The molecule has 4 rings (SSSR count). The van der Waals surface area contributed by atoms with Crippen LogP contribution in [0.15, 0.2) is 42.5 Å². The zero-order valence-corrected chi connectivity index (χ0v) is 19.7. The van der Waals surface area contributed by atoms with E-state index in [4.69, 9.17) is 21.1 Å². The third-order valence-corrected chi connectivity index (χ3v) is 7.12. The van der Waals surface area contributed by atoms with E-state index in [0.717, 1.165) is 54.4 Å². The minimum atomic E-state index is -0.445. The van der Waals surface area contributed by atoms with Crippen molar-refractivity contribution < 1.29 is 18.8 Å². The number of likely N-dealkylation sites (N-methyl/N-ethyl adjacent to an activating group) is 1. The Morgan fingerprint density at radius 3 is 2.55 bits per heavy atom. The van der Waals surface area contributed by atoms with Crippen molar-refractivity contribution in [3.8, 4) is 11.5 Å². The molecule has 1 fully saturated rings. The highest BCUT2D eigenvalue weighted by atomic mass is 35.5. The van der Waals surface area contributed by atoms with Crippen LogP contribution in [0.2, 0.25) is 5.02 Å². The number of esters is 1. The molecule has 0 amide bonds. The van der Waals surface area contributed by atoms with Gasteiger partial charge in [-0.25, -0.2) is 0 Å². The summed E-state index contributed by atoms with van der Waals surface area (Å²) in [7, 11) is 2.19. The minimum Gasteiger partial charge on any atom is -0.457 e. The predicted octanol–water partition coefficient (Wildman–Crippen LogP) is 6.49. The first kappa shape index (κ1) is 22.2. The SMILES string of the molecule is CCCCC(C)(C)C(=O)OC[N+]1(C)CC2c3ccccc3Oc3ccc(Cl)cc3C2C1. The number of hydrogen-bond acceptors (Lipinski definition) is 3. The first-order valence-corrected chi connectivity index (χ1v) is 11.7. The topological polar surface area (TPSA) is 35.5 Å². The summed E-state index contributed by atoms with van der Waals surface area (Å²) in [6.07, 6.45) is 2.97. The summed E-state index contributed by atoms with van der Waals surface area (Å²) in [5, 5.41) is 0.720. The van der Waals surface area contributed by atoms with Gasteiger partial charge in [0.15, 0.2) is 0 Å². The number of quaternary nitrogens is 1. The van der Waals surface area contributed by atoms with E-state index in [1.165, 1.54) is 5.56 Å². The summed E-state index contributed by atoms with van der Waals surface area (Å²) < 4.78 is 12.9. The number of carbonyl (C=O) groups excluding carboxylic acids is 1. The second-order valence-corrected chi connectivity index (χ2v) is 10.5.